The van der Waals surface area contributed by atoms with Crippen molar-refractivity contribution in [3.63, 3.8) is 0 Å². The summed E-state index contributed by atoms with van der Waals surface area (Å²) in [6.45, 7) is 2.89. The van der Waals surface area contributed by atoms with Gasteiger partial charge in [0.05, 0.1) is 5.56 Å². The lowest BCUT2D eigenvalue weighted by Gasteiger charge is -2.24. The van der Waals surface area contributed by atoms with E-state index in [1.807, 2.05) is 31.2 Å². The van der Waals surface area contributed by atoms with Gasteiger partial charge in [0.1, 0.15) is 12.2 Å². The van der Waals surface area contributed by atoms with Gasteiger partial charge in [0, 0.05) is 6.61 Å². The van der Waals surface area contributed by atoms with Gasteiger partial charge in [-0.15, -0.1) is 0 Å². The summed E-state index contributed by atoms with van der Waals surface area (Å²) >= 11 is 0. The number of esters is 1. The normalized spacial score (nSPS) is 23.4. The van der Waals surface area contributed by atoms with Crippen LogP contribution in [0.5, 0.6) is 0 Å². The molecule has 0 N–H and O–H groups in total. The molecule has 0 spiro atoms. The lowest BCUT2D eigenvalue weighted by Crippen LogP contribution is -2.33. The van der Waals surface area contributed by atoms with Gasteiger partial charge in [0.25, 0.3) is 0 Å². The molecule has 18 heavy (non-hydrogen) atoms. The molecule has 1 aromatic carbocycles. The maximum Gasteiger partial charge on any atom is 0.338 e. The Morgan fingerprint density at radius 1 is 1.39 bits per heavy atom. The fourth-order valence-corrected chi connectivity index (χ4v) is 1.84. The molecule has 0 fully saturated rings. The number of allylic oxidation sites excluding steroid dienone is 1. The molecule has 0 unspecified atom stereocenters. The molecule has 1 heterocycles. The lowest BCUT2D eigenvalue weighted by molar-refractivity contribution is -0.0416. The first-order valence-electron chi connectivity index (χ1n) is 6.23. The van der Waals surface area contributed by atoms with Crippen LogP contribution >= 0.6 is 0 Å². The molecule has 0 saturated carbocycles. The molecular formula is C15H18O3. The van der Waals surface area contributed by atoms with Crippen LogP contribution in [0.25, 0.3) is 0 Å². The van der Waals surface area contributed by atoms with Crippen molar-refractivity contribution in [2.75, 3.05) is 13.2 Å². The van der Waals surface area contributed by atoms with Crippen molar-refractivity contribution in [2.24, 2.45) is 0 Å². The van der Waals surface area contributed by atoms with Crippen LogP contribution in [0.2, 0.25) is 0 Å². The highest BCUT2D eigenvalue weighted by Gasteiger charge is 2.25. The molecule has 1 aliphatic heterocycles. The van der Waals surface area contributed by atoms with E-state index in [4.69, 9.17) is 9.47 Å². The average Bonchev–Trinajstić information content (AvgIpc) is 2.62. The Bertz CT molecular complexity index is 425. The minimum absolute atomic E-state index is 0.247. The van der Waals surface area contributed by atoms with E-state index in [1.165, 1.54) is 0 Å². The zero-order valence-corrected chi connectivity index (χ0v) is 10.6. The average molecular weight is 246 g/mol. The predicted octanol–water partition coefficient (Wildman–Crippen LogP) is 2.97. The second kappa shape index (κ2) is 5.83. The summed E-state index contributed by atoms with van der Waals surface area (Å²) < 4.78 is 11.0. The molecular weight excluding hydrogens is 228 g/mol. The second-order valence-corrected chi connectivity index (χ2v) is 4.65. The van der Waals surface area contributed by atoms with Crippen LogP contribution in [0.4, 0.5) is 0 Å². The van der Waals surface area contributed by atoms with Crippen LogP contribution in [0, 0.1) is 0 Å². The Balaban J connectivity index is 1.93. The molecule has 3 nitrogen and oxygen atoms in total. The van der Waals surface area contributed by atoms with Gasteiger partial charge in [0.2, 0.25) is 0 Å². The van der Waals surface area contributed by atoms with Crippen molar-refractivity contribution >= 4 is 5.97 Å². The third-order valence-electron chi connectivity index (χ3n) is 2.92. The second-order valence-electron chi connectivity index (χ2n) is 4.65. The van der Waals surface area contributed by atoms with E-state index in [0.717, 1.165) is 12.8 Å². The molecule has 1 aliphatic rings. The zero-order chi connectivity index (χ0) is 12.8. The maximum absolute atomic E-state index is 11.8. The largest absolute Gasteiger partial charge is 0.459 e. The van der Waals surface area contributed by atoms with Crippen LogP contribution in [-0.4, -0.2) is 24.8 Å². The lowest BCUT2D eigenvalue weighted by atomic mass is 10.1. The standard InChI is InChI=1S/C15H18O3/c1-15(10-6-3-7-11-18-15)12-17-14(16)13-8-4-2-5-9-13/h2,4-6,8-10H,3,7,11-12H2,1H3/t15-/m1/s1. The van der Waals surface area contributed by atoms with Crippen molar-refractivity contribution in [1.82, 2.24) is 0 Å². The summed E-state index contributed by atoms with van der Waals surface area (Å²) in [5.41, 5.74) is 0.0692. The first-order valence-corrected chi connectivity index (χ1v) is 6.23. The summed E-state index contributed by atoms with van der Waals surface area (Å²) in [6, 6.07) is 9.00. The van der Waals surface area contributed by atoms with Crippen LogP contribution in [0.1, 0.15) is 30.1 Å². The first-order chi connectivity index (χ1) is 8.70. The van der Waals surface area contributed by atoms with Crippen molar-refractivity contribution in [3.05, 3.63) is 48.0 Å². The Morgan fingerprint density at radius 2 is 2.17 bits per heavy atom. The van der Waals surface area contributed by atoms with Crippen molar-refractivity contribution in [1.29, 1.82) is 0 Å². The van der Waals surface area contributed by atoms with Gasteiger partial charge >= 0.3 is 5.97 Å². The molecule has 2 rings (SSSR count). The number of carbonyl (C=O) groups is 1. The van der Waals surface area contributed by atoms with Gasteiger partial charge in [-0.05, 0) is 31.9 Å². The zero-order valence-electron chi connectivity index (χ0n) is 10.6. The van der Waals surface area contributed by atoms with Crippen LogP contribution in [-0.2, 0) is 9.47 Å². The minimum atomic E-state index is -0.499. The Morgan fingerprint density at radius 3 is 2.94 bits per heavy atom. The van der Waals surface area contributed by atoms with E-state index >= 15 is 0 Å². The number of ether oxygens (including phenoxy) is 2. The van der Waals surface area contributed by atoms with E-state index in [2.05, 4.69) is 6.08 Å². The Kier molecular flexibility index (Phi) is 4.15. The van der Waals surface area contributed by atoms with E-state index in [1.54, 1.807) is 12.1 Å². The maximum atomic E-state index is 11.8. The van der Waals surface area contributed by atoms with E-state index in [-0.39, 0.29) is 12.6 Å². The monoisotopic (exact) mass is 246 g/mol. The molecule has 3 heteroatoms. The third-order valence-corrected chi connectivity index (χ3v) is 2.92. The highest BCUT2D eigenvalue weighted by atomic mass is 16.6. The first kappa shape index (κ1) is 12.8. The summed E-state index contributed by atoms with van der Waals surface area (Å²) in [4.78, 5) is 11.8. The van der Waals surface area contributed by atoms with Gasteiger partial charge < -0.3 is 9.47 Å². The summed E-state index contributed by atoms with van der Waals surface area (Å²) in [6.07, 6.45) is 6.10. The summed E-state index contributed by atoms with van der Waals surface area (Å²) in [5.74, 6) is -0.307. The third kappa shape index (κ3) is 3.44. The topological polar surface area (TPSA) is 35.5 Å². The SMILES string of the molecule is C[C@]1(COC(=O)c2ccccc2)C=CCCCO1. The minimum Gasteiger partial charge on any atom is -0.459 e. The van der Waals surface area contributed by atoms with E-state index in [9.17, 15) is 4.79 Å². The number of rotatable bonds is 3. The summed E-state index contributed by atoms with van der Waals surface area (Å²) in [7, 11) is 0. The molecule has 0 aromatic heterocycles. The van der Waals surface area contributed by atoms with Gasteiger partial charge in [-0.1, -0.05) is 30.4 Å². The van der Waals surface area contributed by atoms with Gasteiger partial charge in [-0.3, -0.25) is 0 Å². The number of hydrogen-bond donors (Lipinski definition) is 0. The van der Waals surface area contributed by atoms with Crippen molar-refractivity contribution in [2.45, 2.75) is 25.4 Å². The fourth-order valence-electron chi connectivity index (χ4n) is 1.84. The van der Waals surface area contributed by atoms with Gasteiger partial charge in [0.15, 0.2) is 0 Å². The molecule has 96 valence electrons. The quantitative estimate of drug-likeness (QED) is 0.607. The van der Waals surface area contributed by atoms with Gasteiger partial charge in [-0.25, -0.2) is 4.79 Å². The summed E-state index contributed by atoms with van der Waals surface area (Å²) in [5, 5.41) is 0. The van der Waals surface area contributed by atoms with E-state index < -0.39 is 5.60 Å². The molecule has 0 bridgehead atoms. The van der Waals surface area contributed by atoms with Gasteiger partial charge in [-0.2, -0.15) is 0 Å². The molecule has 1 atom stereocenters. The highest BCUT2D eigenvalue weighted by Crippen LogP contribution is 2.18. The number of carbonyl (C=O) groups excluding carboxylic acids is 1. The molecule has 0 radical (unpaired) electrons. The predicted molar refractivity (Wildman–Crippen MR) is 69.5 cm³/mol. The van der Waals surface area contributed by atoms with Crippen LogP contribution in [0.15, 0.2) is 42.5 Å². The van der Waals surface area contributed by atoms with Crippen LogP contribution < -0.4 is 0 Å². The number of benzene rings is 1. The number of hydrogen-bond acceptors (Lipinski definition) is 3. The smallest absolute Gasteiger partial charge is 0.338 e. The Hall–Kier alpha value is -1.61. The van der Waals surface area contributed by atoms with Crippen molar-refractivity contribution in [3.8, 4) is 0 Å². The van der Waals surface area contributed by atoms with E-state index in [0.29, 0.717) is 12.2 Å². The molecule has 1 aromatic rings. The molecule has 0 saturated heterocycles. The molecule has 0 amide bonds. The van der Waals surface area contributed by atoms with Crippen molar-refractivity contribution < 1.29 is 14.3 Å². The molecule has 0 aliphatic carbocycles. The fraction of sp³-hybridized carbons (Fsp3) is 0.400. The highest BCUT2D eigenvalue weighted by molar-refractivity contribution is 5.89. The Labute approximate surface area is 107 Å². The van der Waals surface area contributed by atoms with Crippen LogP contribution in [0.3, 0.4) is 0 Å².